The smallest absolute Gasteiger partial charge is 0.270 e. The Morgan fingerprint density at radius 1 is 1.11 bits per heavy atom. The van der Waals surface area contributed by atoms with Crippen LogP contribution >= 0.6 is 0 Å². The van der Waals surface area contributed by atoms with Crippen molar-refractivity contribution < 1.29 is 14.3 Å². The molecule has 0 saturated carbocycles. The minimum Gasteiger partial charge on any atom is -0.497 e. The van der Waals surface area contributed by atoms with Crippen molar-refractivity contribution in [3.63, 3.8) is 0 Å². The molecule has 0 aliphatic carbocycles. The van der Waals surface area contributed by atoms with Gasteiger partial charge in [-0.25, -0.2) is 0 Å². The third-order valence-corrected chi connectivity index (χ3v) is 4.91. The first-order valence-corrected chi connectivity index (χ1v) is 8.79. The Hall–Kier alpha value is -3.12. The molecule has 2 aromatic heterocycles. The molecule has 6 nitrogen and oxygen atoms in total. The Bertz CT molecular complexity index is 1160. The third kappa shape index (κ3) is 2.88. The van der Waals surface area contributed by atoms with Gasteiger partial charge in [0.25, 0.3) is 5.91 Å². The number of nitrogens with one attached hydrogen (secondary N) is 2. The van der Waals surface area contributed by atoms with Gasteiger partial charge in [0.2, 0.25) is 0 Å². The largest absolute Gasteiger partial charge is 0.497 e. The van der Waals surface area contributed by atoms with Crippen LogP contribution in [-0.4, -0.2) is 43.2 Å². The third-order valence-electron chi connectivity index (χ3n) is 4.91. The van der Waals surface area contributed by atoms with Crippen LogP contribution in [-0.2, 0) is 4.74 Å². The number of carbonyl (C=O) groups is 1. The number of hydrogen-bond donors (Lipinski definition) is 2. The number of rotatable bonds is 5. The number of ether oxygens (including phenoxy) is 2. The highest BCUT2D eigenvalue weighted by atomic mass is 16.5. The molecule has 0 aliphatic heterocycles. The van der Waals surface area contributed by atoms with Crippen molar-refractivity contribution in [2.24, 2.45) is 0 Å². The van der Waals surface area contributed by atoms with E-state index in [2.05, 4.69) is 22.2 Å². The van der Waals surface area contributed by atoms with Crippen molar-refractivity contribution in [1.29, 1.82) is 0 Å². The van der Waals surface area contributed by atoms with E-state index < -0.39 is 0 Å². The Balaban J connectivity index is 1.95. The van der Waals surface area contributed by atoms with Crippen LogP contribution in [0.2, 0.25) is 0 Å². The van der Waals surface area contributed by atoms with E-state index >= 15 is 0 Å². The Kier molecular flexibility index (Phi) is 4.41. The summed E-state index contributed by atoms with van der Waals surface area (Å²) < 4.78 is 10.4. The fraction of sp³-hybridized carbons (Fsp3) is 0.238. The van der Waals surface area contributed by atoms with Crippen molar-refractivity contribution in [3.05, 3.63) is 47.8 Å². The van der Waals surface area contributed by atoms with E-state index in [-0.39, 0.29) is 5.91 Å². The minimum absolute atomic E-state index is 0.200. The van der Waals surface area contributed by atoms with Crippen LogP contribution in [0.3, 0.4) is 0 Å². The zero-order valence-corrected chi connectivity index (χ0v) is 15.6. The Morgan fingerprint density at radius 3 is 2.74 bits per heavy atom. The molecule has 0 saturated heterocycles. The number of aromatic nitrogens is 2. The second-order valence-corrected chi connectivity index (χ2v) is 6.46. The van der Waals surface area contributed by atoms with Gasteiger partial charge in [-0.15, -0.1) is 0 Å². The summed E-state index contributed by atoms with van der Waals surface area (Å²) in [5.41, 5.74) is 3.60. The number of benzene rings is 2. The molecule has 0 spiro atoms. The van der Waals surface area contributed by atoms with E-state index in [1.54, 1.807) is 20.4 Å². The summed E-state index contributed by atoms with van der Waals surface area (Å²) in [5, 5.41) is 6.80. The molecule has 2 N–H and O–H groups in total. The number of aromatic amines is 1. The lowest BCUT2D eigenvalue weighted by atomic mass is 10.00. The molecule has 0 atom stereocenters. The molecule has 27 heavy (non-hydrogen) atoms. The topological polar surface area (TPSA) is 76.2 Å². The summed E-state index contributed by atoms with van der Waals surface area (Å²) in [7, 11) is 3.26. The maximum atomic E-state index is 12.6. The van der Waals surface area contributed by atoms with Gasteiger partial charge >= 0.3 is 0 Å². The van der Waals surface area contributed by atoms with Gasteiger partial charge < -0.3 is 19.8 Å². The van der Waals surface area contributed by atoms with E-state index in [1.807, 2.05) is 30.3 Å². The van der Waals surface area contributed by atoms with Crippen molar-refractivity contribution in [2.45, 2.75) is 6.92 Å². The number of hydrogen-bond acceptors (Lipinski definition) is 4. The van der Waals surface area contributed by atoms with Crippen LogP contribution in [0.15, 0.2) is 36.5 Å². The zero-order chi connectivity index (χ0) is 19.0. The van der Waals surface area contributed by atoms with Gasteiger partial charge in [0, 0.05) is 41.5 Å². The summed E-state index contributed by atoms with van der Waals surface area (Å²) in [5.74, 6) is 0.596. The summed E-state index contributed by atoms with van der Waals surface area (Å²) >= 11 is 0. The van der Waals surface area contributed by atoms with Gasteiger partial charge in [-0.1, -0.05) is 0 Å². The maximum Gasteiger partial charge on any atom is 0.270 e. The molecule has 1 amide bonds. The van der Waals surface area contributed by atoms with Crippen LogP contribution in [0, 0.1) is 6.92 Å². The molecule has 4 aromatic rings. The number of aryl methyl sites for hydroxylation is 1. The highest BCUT2D eigenvalue weighted by Crippen LogP contribution is 2.35. The lowest BCUT2D eigenvalue weighted by molar-refractivity contribution is 0.0934. The SMILES string of the molecule is COCCNC(=O)c1nccc2c(C)c3[nH]c4ccc(OC)cc4c3cc12. The average Bonchev–Trinajstić information content (AvgIpc) is 3.06. The predicted molar refractivity (Wildman–Crippen MR) is 107 cm³/mol. The molecule has 0 radical (unpaired) electrons. The average molecular weight is 363 g/mol. The highest BCUT2D eigenvalue weighted by Gasteiger charge is 2.16. The summed E-state index contributed by atoms with van der Waals surface area (Å²) in [6.45, 7) is 2.96. The van der Waals surface area contributed by atoms with Crippen molar-refractivity contribution in [1.82, 2.24) is 15.3 Å². The fourth-order valence-corrected chi connectivity index (χ4v) is 3.52. The normalized spacial score (nSPS) is 11.4. The first-order valence-electron chi connectivity index (χ1n) is 8.79. The van der Waals surface area contributed by atoms with Crippen LogP contribution in [0.25, 0.3) is 32.6 Å². The highest BCUT2D eigenvalue weighted by molar-refractivity contribution is 6.17. The van der Waals surface area contributed by atoms with Gasteiger partial charge in [0.15, 0.2) is 0 Å². The number of methoxy groups -OCH3 is 2. The Labute approximate surface area is 156 Å². The van der Waals surface area contributed by atoms with E-state index in [0.29, 0.717) is 18.8 Å². The van der Waals surface area contributed by atoms with Crippen LogP contribution in [0.5, 0.6) is 5.75 Å². The molecule has 0 bridgehead atoms. The van der Waals surface area contributed by atoms with Gasteiger partial charge in [-0.2, -0.15) is 0 Å². The zero-order valence-electron chi connectivity index (χ0n) is 15.6. The van der Waals surface area contributed by atoms with Crippen LogP contribution in [0.4, 0.5) is 0 Å². The van der Waals surface area contributed by atoms with E-state index in [4.69, 9.17) is 9.47 Å². The van der Waals surface area contributed by atoms with Crippen LogP contribution in [0.1, 0.15) is 16.1 Å². The van der Waals surface area contributed by atoms with Gasteiger partial charge in [0.1, 0.15) is 11.4 Å². The van der Waals surface area contributed by atoms with Crippen molar-refractivity contribution >= 4 is 38.5 Å². The number of fused-ring (bicyclic) bond motifs is 4. The number of carbonyl (C=O) groups excluding carboxylic acids is 1. The number of pyridine rings is 1. The molecule has 0 unspecified atom stereocenters. The monoisotopic (exact) mass is 363 g/mol. The molecule has 2 heterocycles. The molecule has 138 valence electrons. The van der Waals surface area contributed by atoms with E-state index in [1.165, 1.54) is 0 Å². The molecule has 0 fully saturated rings. The molecule has 0 aliphatic rings. The first kappa shape index (κ1) is 17.3. The molecule has 4 rings (SSSR count). The molecule has 6 heteroatoms. The molecule has 2 aromatic carbocycles. The van der Waals surface area contributed by atoms with Crippen molar-refractivity contribution in [3.8, 4) is 5.75 Å². The Morgan fingerprint density at radius 2 is 1.96 bits per heavy atom. The number of amides is 1. The van der Waals surface area contributed by atoms with E-state index in [0.717, 1.165) is 43.9 Å². The first-order chi connectivity index (χ1) is 13.1. The predicted octanol–water partition coefficient (Wildman–Crippen LogP) is 3.56. The van der Waals surface area contributed by atoms with Crippen molar-refractivity contribution in [2.75, 3.05) is 27.4 Å². The molecular formula is C21H21N3O3. The number of nitrogens with zero attached hydrogens (tertiary/aromatic N) is 1. The summed E-state index contributed by atoms with van der Waals surface area (Å²) in [6.07, 6.45) is 1.68. The summed E-state index contributed by atoms with van der Waals surface area (Å²) in [4.78, 5) is 20.5. The molecular weight excluding hydrogens is 342 g/mol. The fourth-order valence-electron chi connectivity index (χ4n) is 3.52. The van der Waals surface area contributed by atoms with Gasteiger partial charge in [-0.05, 0) is 48.2 Å². The summed E-state index contributed by atoms with van der Waals surface area (Å²) in [6, 6.07) is 9.93. The lowest BCUT2D eigenvalue weighted by Gasteiger charge is -2.09. The maximum absolute atomic E-state index is 12.6. The number of H-pyrrole nitrogens is 1. The van der Waals surface area contributed by atoms with Gasteiger partial charge in [0.05, 0.1) is 19.2 Å². The minimum atomic E-state index is -0.200. The second-order valence-electron chi connectivity index (χ2n) is 6.46. The van der Waals surface area contributed by atoms with Gasteiger partial charge in [-0.3, -0.25) is 9.78 Å². The second kappa shape index (κ2) is 6.89. The standard InChI is InChI=1S/C21H21N3O3/c1-12-14-6-7-22-20(21(25)23-8-9-26-2)16(14)11-17-15-10-13(27-3)4-5-18(15)24-19(12)17/h4-7,10-11,24H,8-9H2,1-3H3,(H,23,25). The van der Waals surface area contributed by atoms with Crippen LogP contribution < -0.4 is 10.1 Å². The lowest BCUT2D eigenvalue weighted by Crippen LogP contribution is -2.27. The quantitative estimate of drug-likeness (QED) is 0.532. The van der Waals surface area contributed by atoms with E-state index in [9.17, 15) is 4.79 Å².